The summed E-state index contributed by atoms with van der Waals surface area (Å²) < 4.78 is 0. The van der Waals surface area contributed by atoms with Gasteiger partial charge in [0.05, 0.1) is 11.8 Å². The summed E-state index contributed by atoms with van der Waals surface area (Å²) in [5.41, 5.74) is 0. The van der Waals surface area contributed by atoms with E-state index in [1.807, 2.05) is 30.9 Å². The third kappa shape index (κ3) is 3.37. The third-order valence-corrected chi connectivity index (χ3v) is 4.13. The Morgan fingerprint density at radius 2 is 1.79 bits per heavy atom. The largest absolute Gasteiger partial charge is 0.481 e. The van der Waals surface area contributed by atoms with Gasteiger partial charge >= 0.3 is 5.97 Å². The predicted octanol–water partition coefficient (Wildman–Crippen LogP) is 2.30. The van der Waals surface area contributed by atoms with Crippen LogP contribution in [0.4, 0.5) is 0 Å². The van der Waals surface area contributed by atoms with Crippen LogP contribution in [0.2, 0.25) is 0 Å². The molecule has 106 valence electrons. The minimum atomic E-state index is -0.849. The summed E-state index contributed by atoms with van der Waals surface area (Å²) in [7, 11) is 0. The smallest absolute Gasteiger partial charge is 0.307 e. The maximum Gasteiger partial charge on any atom is 0.307 e. The normalized spacial score (nSPS) is 26.5. The summed E-state index contributed by atoms with van der Waals surface area (Å²) in [6, 6.07) is 0.147. The molecule has 4 heteroatoms. The van der Waals surface area contributed by atoms with Gasteiger partial charge in [-0.25, -0.2) is 0 Å². The monoisotopic (exact) mass is 265 g/mol. The molecule has 0 spiro atoms. The van der Waals surface area contributed by atoms with E-state index in [-0.39, 0.29) is 17.9 Å². The van der Waals surface area contributed by atoms with Crippen molar-refractivity contribution in [1.29, 1.82) is 0 Å². The number of carboxylic acid groups (broad SMARTS) is 1. The van der Waals surface area contributed by atoms with Crippen molar-refractivity contribution in [2.24, 2.45) is 17.8 Å². The Bertz CT molecular complexity index is 385. The van der Waals surface area contributed by atoms with Crippen molar-refractivity contribution < 1.29 is 14.7 Å². The molecular weight excluding hydrogens is 242 g/mol. The Balaban J connectivity index is 2.09. The summed E-state index contributed by atoms with van der Waals surface area (Å²) in [4.78, 5) is 25.8. The molecule has 0 radical (unpaired) electrons. The zero-order valence-electron chi connectivity index (χ0n) is 11.7. The Kier molecular flexibility index (Phi) is 4.27. The summed E-state index contributed by atoms with van der Waals surface area (Å²) in [6.45, 7) is 4.81. The van der Waals surface area contributed by atoms with Gasteiger partial charge in [0.1, 0.15) is 0 Å². The number of aliphatic carboxylic acids is 1. The molecule has 0 saturated heterocycles. The first kappa shape index (κ1) is 14.1. The van der Waals surface area contributed by atoms with Gasteiger partial charge in [0.2, 0.25) is 5.91 Å². The zero-order chi connectivity index (χ0) is 14.0. The lowest BCUT2D eigenvalue weighted by molar-refractivity contribution is -0.151. The number of rotatable bonds is 5. The number of carboxylic acids is 1. The van der Waals surface area contributed by atoms with E-state index in [1.54, 1.807) is 0 Å². The van der Waals surface area contributed by atoms with Gasteiger partial charge in [-0.05, 0) is 45.4 Å². The van der Waals surface area contributed by atoms with Crippen LogP contribution in [0.15, 0.2) is 12.2 Å². The molecule has 0 aromatic heterocycles. The standard InChI is InChI=1S/C15H23NO3/c1-10(2)16(9-11-7-8-11)14(17)12-5-3-4-6-13(12)15(18)19/h3-4,10-13H,5-9H2,1-2H3,(H,18,19). The lowest BCUT2D eigenvalue weighted by Gasteiger charge is -2.33. The van der Waals surface area contributed by atoms with Crippen molar-refractivity contribution in [2.75, 3.05) is 6.54 Å². The number of carbonyl (C=O) groups excluding carboxylic acids is 1. The molecule has 0 bridgehead atoms. The van der Waals surface area contributed by atoms with Crippen LogP contribution in [0.1, 0.15) is 39.5 Å². The van der Waals surface area contributed by atoms with Gasteiger partial charge in [0.15, 0.2) is 0 Å². The number of hydrogen-bond acceptors (Lipinski definition) is 2. The highest BCUT2D eigenvalue weighted by molar-refractivity contribution is 5.85. The molecule has 2 unspecified atom stereocenters. The summed E-state index contributed by atoms with van der Waals surface area (Å²) in [5.74, 6) is -1.13. The highest BCUT2D eigenvalue weighted by Gasteiger charge is 2.38. The number of nitrogens with zero attached hydrogens (tertiary/aromatic N) is 1. The molecular formula is C15H23NO3. The van der Waals surface area contributed by atoms with Crippen LogP contribution in [0, 0.1) is 17.8 Å². The second-order valence-corrected chi connectivity index (χ2v) is 6.02. The Labute approximate surface area is 114 Å². The van der Waals surface area contributed by atoms with Crippen molar-refractivity contribution in [2.45, 2.75) is 45.6 Å². The molecule has 1 saturated carbocycles. The fraction of sp³-hybridized carbons (Fsp3) is 0.733. The maximum atomic E-state index is 12.6. The van der Waals surface area contributed by atoms with Crippen molar-refractivity contribution in [3.63, 3.8) is 0 Å². The van der Waals surface area contributed by atoms with Crippen LogP contribution >= 0.6 is 0 Å². The summed E-state index contributed by atoms with van der Waals surface area (Å²) in [6.07, 6.45) is 7.25. The molecule has 1 amide bonds. The van der Waals surface area contributed by atoms with Gasteiger partial charge in [-0.3, -0.25) is 9.59 Å². The second-order valence-electron chi connectivity index (χ2n) is 6.02. The Morgan fingerprint density at radius 3 is 2.26 bits per heavy atom. The number of hydrogen-bond donors (Lipinski definition) is 1. The zero-order valence-corrected chi connectivity index (χ0v) is 11.7. The van der Waals surface area contributed by atoms with Crippen molar-refractivity contribution in [3.05, 3.63) is 12.2 Å². The van der Waals surface area contributed by atoms with Gasteiger partial charge in [0.25, 0.3) is 0 Å². The van der Waals surface area contributed by atoms with Crippen molar-refractivity contribution in [1.82, 2.24) is 4.90 Å². The molecule has 2 rings (SSSR count). The van der Waals surface area contributed by atoms with Crippen molar-refractivity contribution >= 4 is 11.9 Å². The first-order valence-electron chi connectivity index (χ1n) is 7.19. The van der Waals surface area contributed by atoms with Gasteiger partial charge in [-0.1, -0.05) is 12.2 Å². The van der Waals surface area contributed by atoms with E-state index in [1.165, 1.54) is 12.8 Å². The quantitative estimate of drug-likeness (QED) is 0.776. The summed E-state index contributed by atoms with van der Waals surface area (Å²) >= 11 is 0. The first-order valence-corrected chi connectivity index (χ1v) is 7.19. The van der Waals surface area contributed by atoms with E-state index in [2.05, 4.69) is 0 Å². The SMILES string of the molecule is CC(C)N(CC1CC1)C(=O)C1CC=CCC1C(=O)O. The lowest BCUT2D eigenvalue weighted by atomic mass is 9.82. The highest BCUT2D eigenvalue weighted by Crippen LogP contribution is 2.33. The number of allylic oxidation sites excluding steroid dienone is 2. The van der Waals surface area contributed by atoms with E-state index < -0.39 is 11.9 Å². The molecule has 1 fully saturated rings. The Morgan fingerprint density at radius 1 is 1.21 bits per heavy atom. The lowest BCUT2D eigenvalue weighted by Crippen LogP contribution is -2.45. The predicted molar refractivity (Wildman–Crippen MR) is 72.6 cm³/mol. The molecule has 4 nitrogen and oxygen atoms in total. The third-order valence-electron chi connectivity index (χ3n) is 4.13. The van der Waals surface area contributed by atoms with Crippen LogP contribution in [0.3, 0.4) is 0 Å². The minimum Gasteiger partial charge on any atom is -0.481 e. The van der Waals surface area contributed by atoms with E-state index in [0.29, 0.717) is 18.8 Å². The number of amides is 1. The van der Waals surface area contributed by atoms with Crippen LogP contribution in [-0.2, 0) is 9.59 Å². The fourth-order valence-electron chi connectivity index (χ4n) is 2.71. The minimum absolute atomic E-state index is 0.0265. The van der Waals surface area contributed by atoms with Gasteiger partial charge in [-0.2, -0.15) is 0 Å². The molecule has 2 aliphatic rings. The highest BCUT2D eigenvalue weighted by atomic mass is 16.4. The average molecular weight is 265 g/mol. The van der Waals surface area contributed by atoms with Gasteiger partial charge < -0.3 is 10.0 Å². The fourth-order valence-corrected chi connectivity index (χ4v) is 2.71. The Hall–Kier alpha value is -1.32. The number of carbonyl (C=O) groups is 2. The van der Waals surface area contributed by atoms with Crippen LogP contribution in [0.5, 0.6) is 0 Å². The molecule has 19 heavy (non-hydrogen) atoms. The van der Waals surface area contributed by atoms with E-state index in [0.717, 1.165) is 6.54 Å². The molecule has 1 N–H and O–H groups in total. The van der Waals surface area contributed by atoms with Crippen LogP contribution < -0.4 is 0 Å². The van der Waals surface area contributed by atoms with E-state index in [4.69, 9.17) is 0 Å². The molecule has 0 heterocycles. The van der Waals surface area contributed by atoms with Crippen LogP contribution in [0.25, 0.3) is 0 Å². The van der Waals surface area contributed by atoms with Crippen molar-refractivity contribution in [3.8, 4) is 0 Å². The molecule has 0 aromatic carbocycles. The molecule has 2 aliphatic carbocycles. The molecule has 0 aliphatic heterocycles. The average Bonchev–Trinajstić information content (AvgIpc) is 3.18. The van der Waals surface area contributed by atoms with Crippen LogP contribution in [-0.4, -0.2) is 34.5 Å². The van der Waals surface area contributed by atoms with Gasteiger partial charge in [-0.15, -0.1) is 0 Å². The van der Waals surface area contributed by atoms with E-state index in [9.17, 15) is 14.7 Å². The topological polar surface area (TPSA) is 57.6 Å². The first-order chi connectivity index (χ1) is 9.00. The summed E-state index contributed by atoms with van der Waals surface area (Å²) in [5, 5.41) is 9.27. The maximum absolute atomic E-state index is 12.6. The molecule has 2 atom stereocenters. The van der Waals surface area contributed by atoms with Gasteiger partial charge in [0, 0.05) is 12.6 Å². The molecule has 0 aromatic rings. The second kappa shape index (κ2) is 5.76. The van der Waals surface area contributed by atoms with E-state index >= 15 is 0 Å².